The largest absolute Gasteiger partial charge is 0.312 e. The highest BCUT2D eigenvalue weighted by Gasteiger charge is 2.20. The Morgan fingerprint density at radius 1 is 1.06 bits per heavy atom. The second-order valence-corrected chi connectivity index (χ2v) is 4.71. The molecule has 0 saturated carbocycles. The molecule has 0 unspecified atom stereocenters. The molecule has 1 amide bonds. The van der Waals surface area contributed by atoms with Gasteiger partial charge in [-0.15, -0.1) is 0 Å². The molecular weight excluding hydrogens is 198 g/mol. The fraction of sp³-hybridized carbons (Fsp3) is 0.500. The van der Waals surface area contributed by atoms with Crippen LogP contribution < -0.4 is 4.90 Å². The molecule has 0 atom stereocenters. The summed E-state index contributed by atoms with van der Waals surface area (Å²) in [5, 5.41) is 0. The molecule has 16 heavy (non-hydrogen) atoms. The van der Waals surface area contributed by atoms with Crippen LogP contribution in [0.2, 0.25) is 0 Å². The fourth-order valence-corrected chi connectivity index (χ4v) is 2.25. The van der Waals surface area contributed by atoms with Gasteiger partial charge in [-0.3, -0.25) is 4.79 Å². The second kappa shape index (κ2) is 4.28. The van der Waals surface area contributed by atoms with Crippen LogP contribution in [0.25, 0.3) is 0 Å². The monoisotopic (exact) mass is 217 g/mol. The third kappa shape index (κ3) is 1.97. The first kappa shape index (κ1) is 11.2. The van der Waals surface area contributed by atoms with Gasteiger partial charge in [-0.1, -0.05) is 0 Å². The van der Waals surface area contributed by atoms with Gasteiger partial charge in [-0.25, -0.2) is 0 Å². The van der Waals surface area contributed by atoms with Gasteiger partial charge in [0.25, 0.3) is 0 Å². The van der Waals surface area contributed by atoms with Gasteiger partial charge in [0, 0.05) is 18.7 Å². The number of amides is 1. The second-order valence-electron chi connectivity index (χ2n) is 4.71. The molecule has 1 aromatic rings. The summed E-state index contributed by atoms with van der Waals surface area (Å²) in [7, 11) is 0. The summed E-state index contributed by atoms with van der Waals surface area (Å²) in [6.07, 6.45) is 2.86. The average Bonchev–Trinajstić information content (AvgIpc) is 2.26. The maximum atomic E-state index is 11.8. The highest BCUT2D eigenvalue weighted by atomic mass is 16.2. The van der Waals surface area contributed by atoms with Crippen LogP contribution in [0.5, 0.6) is 0 Å². The van der Waals surface area contributed by atoms with Crippen molar-refractivity contribution in [3.8, 4) is 0 Å². The van der Waals surface area contributed by atoms with Crippen molar-refractivity contribution in [2.45, 2.75) is 40.0 Å². The predicted molar refractivity (Wildman–Crippen MR) is 66.9 cm³/mol. The lowest BCUT2D eigenvalue weighted by Gasteiger charge is -2.27. The Kier molecular flexibility index (Phi) is 2.99. The molecule has 1 heterocycles. The summed E-state index contributed by atoms with van der Waals surface area (Å²) in [5.74, 6) is 0.272. The van der Waals surface area contributed by atoms with Crippen molar-refractivity contribution in [1.82, 2.24) is 0 Å². The van der Waals surface area contributed by atoms with Crippen LogP contribution in [-0.2, 0) is 4.79 Å². The number of piperidine rings is 1. The predicted octanol–water partition coefficient (Wildman–Crippen LogP) is 3.13. The molecule has 0 aromatic heterocycles. The van der Waals surface area contributed by atoms with E-state index in [0.717, 1.165) is 25.1 Å². The van der Waals surface area contributed by atoms with Gasteiger partial charge in [0.1, 0.15) is 0 Å². The Bertz CT molecular complexity index is 400. The van der Waals surface area contributed by atoms with Gasteiger partial charge in [-0.05, 0) is 62.4 Å². The van der Waals surface area contributed by atoms with E-state index in [1.165, 1.54) is 16.7 Å². The Labute approximate surface area is 97.3 Å². The van der Waals surface area contributed by atoms with Crippen molar-refractivity contribution in [2.24, 2.45) is 0 Å². The van der Waals surface area contributed by atoms with Crippen LogP contribution in [0.1, 0.15) is 36.0 Å². The molecule has 0 bridgehead atoms. The van der Waals surface area contributed by atoms with Crippen LogP contribution in [0.15, 0.2) is 12.1 Å². The zero-order valence-corrected chi connectivity index (χ0v) is 10.3. The number of carbonyl (C=O) groups is 1. The smallest absolute Gasteiger partial charge is 0.226 e. The molecular formula is C14H19NO. The first-order chi connectivity index (χ1) is 7.59. The summed E-state index contributed by atoms with van der Waals surface area (Å²) in [6, 6.07) is 4.26. The van der Waals surface area contributed by atoms with Crippen molar-refractivity contribution in [3.63, 3.8) is 0 Å². The van der Waals surface area contributed by atoms with Crippen LogP contribution in [0.3, 0.4) is 0 Å². The molecule has 86 valence electrons. The van der Waals surface area contributed by atoms with E-state index in [0.29, 0.717) is 6.42 Å². The molecule has 0 spiro atoms. The minimum Gasteiger partial charge on any atom is -0.312 e. The number of hydrogen-bond donors (Lipinski definition) is 0. The first-order valence-corrected chi connectivity index (χ1v) is 5.98. The van der Waals surface area contributed by atoms with Crippen molar-refractivity contribution in [2.75, 3.05) is 11.4 Å². The zero-order valence-electron chi connectivity index (χ0n) is 10.3. The zero-order chi connectivity index (χ0) is 11.7. The normalized spacial score (nSPS) is 16.7. The average molecular weight is 217 g/mol. The molecule has 1 saturated heterocycles. The number of benzene rings is 1. The summed E-state index contributed by atoms with van der Waals surface area (Å²) in [6.45, 7) is 7.23. The molecule has 2 heteroatoms. The van der Waals surface area contributed by atoms with Gasteiger partial charge in [0.2, 0.25) is 5.91 Å². The number of rotatable bonds is 1. The lowest BCUT2D eigenvalue weighted by Crippen LogP contribution is -2.35. The minimum atomic E-state index is 0.272. The molecule has 2 nitrogen and oxygen atoms in total. The summed E-state index contributed by atoms with van der Waals surface area (Å²) in [4.78, 5) is 13.8. The van der Waals surface area contributed by atoms with Crippen molar-refractivity contribution in [3.05, 3.63) is 28.8 Å². The lowest BCUT2D eigenvalue weighted by atomic mass is 10.0. The van der Waals surface area contributed by atoms with Crippen molar-refractivity contribution in [1.29, 1.82) is 0 Å². The van der Waals surface area contributed by atoms with Crippen LogP contribution in [0, 0.1) is 20.8 Å². The number of nitrogens with zero attached hydrogens (tertiary/aromatic N) is 1. The van der Waals surface area contributed by atoms with E-state index in [1.54, 1.807) is 0 Å². The Hall–Kier alpha value is -1.31. The number of anilines is 1. The highest BCUT2D eigenvalue weighted by molar-refractivity contribution is 5.94. The number of carbonyl (C=O) groups excluding carboxylic acids is 1. The molecule has 2 rings (SSSR count). The van der Waals surface area contributed by atoms with Crippen molar-refractivity contribution >= 4 is 11.6 Å². The van der Waals surface area contributed by atoms with E-state index in [-0.39, 0.29) is 5.91 Å². The van der Waals surface area contributed by atoms with E-state index >= 15 is 0 Å². The number of hydrogen-bond acceptors (Lipinski definition) is 1. The van der Waals surface area contributed by atoms with Crippen LogP contribution in [-0.4, -0.2) is 12.5 Å². The van der Waals surface area contributed by atoms with Crippen LogP contribution in [0.4, 0.5) is 5.69 Å². The first-order valence-electron chi connectivity index (χ1n) is 5.98. The van der Waals surface area contributed by atoms with Gasteiger partial charge >= 0.3 is 0 Å². The third-order valence-electron chi connectivity index (χ3n) is 3.55. The van der Waals surface area contributed by atoms with E-state index in [9.17, 15) is 4.79 Å². The van der Waals surface area contributed by atoms with Gasteiger partial charge in [0.15, 0.2) is 0 Å². The third-order valence-corrected chi connectivity index (χ3v) is 3.55. The summed E-state index contributed by atoms with van der Waals surface area (Å²) in [5.41, 5.74) is 4.94. The molecule has 1 aliphatic heterocycles. The van der Waals surface area contributed by atoms with Gasteiger partial charge < -0.3 is 4.90 Å². The molecule has 0 N–H and O–H groups in total. The van der Waals surface area contributed by atoms with Gasteiger partial charge in [0.05, 0.1) is 0 Å². The molecule has 1 aliphatic rings. The van der Waals surface area contributed by atoms with Crippen molar-refractivity contribution < 1.29 is 4.79 Å². The van der Waals surface area contributed by atoms with Crippen LogP contribution >= 0.6 is 0 Å². The van der Waals surface area contributed by atoms with E-state index < -0.39 is 0 Å². The maximum Gasteiger partial charge on any atom is 0.226 e. The van der Waals surface area contributed by atoms with Gasteiger partial charge in [-0.2, -0.15) is 0 Å². The highest BCUT2D eigenvalue weighted by Crippen LogP contribution is 2.25. The molecule has 1 fully saturated rings. The number of aryl methyl sites for hydroxylation is 2. The van der Waals surface area contributed by atoms with E-state index in [1.807, 2.05) is 4.90 Å². The lowest BCUT2D eigenvalue weighted by molar-refractivity contribution is -0.119. The molecule has 1 aromatic carbocycles. The Morgan fingerprint density at radius 2 is 1.69 bits per heavy atom. The summed E-state index contributed by atoms with van der Waals surface area (Å²) < 4.78 is 0. The van der Waals surface area contributed by atoms with E-state index in [4.69, 9.17) is 0 Å². The maximum absolute atomic E-state index is 11.8. The standard InChI is InChI=1S/C14H19NO/c1-10-8-13(9-11(2)12(10)3)15-7-5-4-6-14(15)16/h8-9H,4-7H2,1-3H3. The topological polar surface area (TPSA) is 20.3 Å². The fourth-order valence-electron chi connectivity index (χ4n) is 2.25. The SMILES string of the molecule is Cc1cc(N2CCCCC2=O)cc(C)c1C. The quantitative estimate of drug-likeness (QED) is 0.707. The Balaban J connectivity index is 2.36. The molecule has 0 aliphatic carbocycles. The van der Waals surface area contributed by atoms with E-state index in [2.05, 4.69) is 32.9 Å². The minimum absolute atomic E-state index is 0.272. The summed E-state index contributed by atoms with van der Waals surface area (Å²) >= 11 is 0. The molecule has 0 radical (unpaired) electrons. The Morgan fingerprint density at radius 3 is 2.25 bits per heavy atom.